The third-order valence-electron chi connectivity index (χ3n) is 4.94. The van der Waals surface area contributed by atoms with Gasteiger partial charge in [-0.25, -0.2) is 9.78 Å². The normalized spacial score (nSPS) is 10.8. The molecule has 2 aromatic heterocycles. The highest BCUT2D eigenvalue weighted by molar-refractivity contribution is 6.37. The van der Waals surface area contributed by atoms with E-state index in [2.05, 4.69) is 15.0 Å². The number of halogens is 2. The summed E-state index contributed by atoms with van der Waals surface area (Å²) in [6, 6.07) is 15.7. The van der Waals surface area contributed by atoms with Gasteiger partial charge in [0.1, 0.15) is 5.65 Å². The van der Waals surface area contributed by atoms with Crippen molar-refractivity contribution in [2.45, 2.75) is 0 Å². The van der Waals surface area contributed by atoms with Crippen LogP contribution in [0.1, 0.15) is 10.4 Å². The molecule has 2 amide bonds. The number of fused-ring (bicyclic) bond motifs is 1. The lowest BCUT2D eigenvalue weighted by molar-refractivity contribution is 0.0992. The zero-order valence-electron chi connectivity index (χ0n) is 17.2. The number of amides is 2. The molecule has 4 aromatic rings. The van der Waals surface area contributed by atoms with Crippen molar-refractivity contribution in [3.05, 3.63) is 82.6 Å². The molecule has 0 bridgehead atoms. The van der Waals surface area contributed by atoms with E-state index in [9.17, 15) is 9.59 Å². The summed E-state index contributed by atoms with van der Waals surface area (Å²) in [4.78, 5) is 30.4. The van der Waals surface area contributed by atoms with Crippen LogP contribution in [0.15, 0.2) is 67.0 Å². The number of rotatable bonds is 4. The largest absolute Gasteiger partial charge is 0.453 e. The zero-order valence-corrected chi connectivity index (χ0v) is 18.7. The second-order valence-corrected chi connectivity index (χ2v) is 7.79. The van der Waals surface area contributed by atoms with Gasteiger partial charge in [-0.05, 0) is 42.5 Å². The molecule has 0 aliphatic rings. The Morgan fingerprint density at radius 3 is 2.50 bits per heavy atom. The molecular weight excluding hydrogens is 451 g/mol. The number of pyridine rings is 1. The van der Waals surface area contributed by atoms with E-state index in [-0.39, 0.29) is 5.91 Å². The van der Waals surface area contributed by atoms with Crippen molar-refractivity contribution in [1.29, 1.82) is 0 Å². The summed E-state index contributed by atoms with van der Waals surface area (Å²) in [7, 11) is 2.96. The van der Waals surface area contributed by atoms with Crippen molar-refractivity contribution in [3.8, 4) is 11.3 Å². The van der Waals surface area contributed by atoms with Crippen molar-refractivity contribution in [2.24, 2.45) is 0 Å². The first-order valence-corrected chi connectivity index (χ1v) is 10.3. The minimum Gasteiger partial charge on any atom is -0.453 e. The van der Waals surface area contributed by atoms with Gasteiger partial charge in [0, 0.05) is 29.5 Å². The van der Waals surface area contributed by atoms with Crippen LogP contribution in [-0.2, 0) is 4.74 Å². The molecule has 7 nitrogen and oxygen atoms in total. The van der Waals surface area contributed by atoms with Crippen molar-refractivity contribution in [2.75, 3.05) is 24.4 Å². The third-order valence-corrected chi connectivity index (χ3v) is 5.48. The molecule has 0 unspecified atom stereocenters. The number of hydrogen-bond acceptors (Lipinski definition) is 4. The number of benzene rings is 2. The van der Waals surface area contributed by atoms with E-state index in [0.29, 0.717) is 32.6 Å². The number of carbonyl (C=O) groups excluding carboxylic acids is 2. The van der Waals surface area contributed by atoms with Gasteiger partial charge in [-0.15, -0.1) is 0 Å². The summed E-state index contributed by atoms with van der Waals surface area (Å²) in [6.45, 7) is 0. The fraction of sp³-hybridized carbons (Fsp3) is 0.0870. The molecule has 32 heavy (non-hydrogen) atoms. The molecule has 2 heterocycles. The Labute approximate surface area is 194 Å². The SMILES string of the molecule is COC(=O)Nc1ccc(-c2cnc3ccc(C(=O)N(C)c4ccc(Cl)cc4Cl)cn23)cc1. The number of aromatic nitrogens is 2. The smallest absolute Gasteiger partial charge is 0.411 e. The summed E-state index contributed by atoms with van der Waals surface area (Å²) >= 11 is 12.2. The van der Waals surface area contributed by atoms with E-state index in [1.54, 1.807) is 61.9 Å². The van der Waals surface area contributed by atoms with Gasteiger partial charge in [0.2, 0.25) is 0 Å². The van der Waals surface area contributed by atoms with Crippen LogP contribution < -0.4 is 10.2 Å². The van der Waals surface area contributed by atoms with Crippen LogP contribution in [0, 0.1) is 0 Å². The van der Waals surface area contributed by atoms with Crippen LogP contribution in [0.25, 0.3) is 16.9 Å². The number of nitrogens with zero attached hydrogens (tertiary/aromatic N) is 3. The molecule has 9 heteroatoms. The predicted octanol–water partition coefficient (Wildman–Crippen LogP) is 5.76. The number of imidazole rings is 1. The van der Waals surface area contributed by atoms with E-state index in [1.165, 1.54) is 12.0 Å². The maximum atomic E-state index is 13.1. The van der Waals surface area contributed by atoms with Crippen LogP contribution >= 0.6 is 23.2 Å². The average molecular weight is 469 g/mol. The maximum absolute atomic E-state index is 13.1. The van der Waals surface area contributed by atoms with Crippen LogP contribution in [-0.4, -0.2) is 35.5 Å². The van der Waals surface area contributed by atoms with Crippen LogP contribution in [0.5, 0.6) is 0 Å². The van der Waals surface area contributed by atoms with Gasteiger partial charge in [0.05, 0.1) is 35.3 Å². The number of hydrogen-bond donors (Lipinski definition) is 1. The summed E-state index contributed by atoms with van der Waals surface area (Å²) in [5, 5.41) is 3.49. The minimum absolute atomic E-state index is 0.228. The van der Waals surface area contributed by atoms with Gasteiger partial charge in [0.25, 0.3) is 5.91 Å². The highest BCUT2D eigenvalue weighted by Gasteiger charge is 2.18. The number of nitrogens with one attached hydrogen (secondary N) is 1. The molecule has 4 rings (SSSR count). The molecule has 0 fully saturated rings. The van der Waals surface area contributed by atoms with Gasteiger partial charge in [0.15, 0.2) is 0 Å². The first-order chi connectivity index (χ1) is 15.4. The molecule has 0 aliphatic heterocycles. The molecule has 0 radical (unpaired) electrons. The quantitative estimate of drug-likeness (QED) is 0.412. The van der Waals surface area contributed by atoms with Gasteiger partial charge in [-0.3, -0.25) is 14.5 Å². The van der Waals surface area contributed by atoms with Crippen molar-refractivity contribution < 1.29 is 14.3 Å². The molecule has 0 saturated heterocycles. The van der Waals surface area contributed by atoms with E-state index in [1.807, 2.05) is 16.5 Å². The molecule has 0 aliphatic carbocycles. The van der Waals surface area contributed by atoms with Crippen molar-refractivity contribution >= 4 is 52.2 Å². The van der Waals surface area contributed by atoms with E-state index < -0.39 is 6.09 Å². The highest BCUT2D eigenvalue weighted by atomic mass is 35.5. The Bertz CT molecular complexity index is 1320. The maximum Gasteiger partial charge on any atom is 0.411 e. The predicted molar refractivity (Wildman–Crippen MR) is 126 cm³/mol. The van der Waals surface area contributed by atoms with E-state index in [0.717, 1.165) is 11.3 Å². The van der Waals surface area contributed by atoms with Gasteiger partial charge in [-0.1, -0.05) is 35.3 Å². The monoisotopic (exact) mass is 468 g/mol. The number of methoxy groups -OCH3 is 1. The first kappa shape index (κ1) is 21.7. The lowest BCUT2D eigenvalue weighted by Crippen LogP contribution is -2.26. The van der Waals surface area contributed by atoms with Gasteiger partial charge >= 0.3 is 6.09 Å². The molecular formula is C23H18Cl2N4O3. The highest BCUT2D eigenvalue weighted by Crippen LogP contribution is 2.29. The molecule has 0 spiro atoms. The Hall–Kier alpha value is -3.55. The van der Waals surface area contributed by atoms with Crippen LogP contribution in [0.2, 0.25) is 10.0 Å². The Kier molecular flexibility index (Phi) is 6.03. The average Bonchev–Trinajstić information content (AvgIpc) is 3.22. The number of carbonyl (C=O) groups is 2. The Morgan fingerprint density at radius 1 is 1.06 bits per heavy atom. The van der Waals surface area contributed by atoms with Crippen LogP contribution in [0.3, 0.4) is 0 Å². The number of ether oxygens (including phenoxy) is 1. The summed E-state index contributed by atoms with van der Waals surface area (Å²) in [5.74, 6) is -0.228. The van der Waals surface area contributed by atoms with E-state index >= 15 is 0 Å². The standard InChI is InChI=1S/C23H18Cl2N4O3/c1-28(19-9-6-16(24)11-18(19)25)22(30)15-5-10-21-26-12-20(29(21)13-15)14-3-7-17(8-4-14)27-23(31)32-2/h3-13H,1-2H3,(H,27,31). The topological polar surface area (TPSA) is 75.9 Å². The van der Waals surface area contributed by atoms with Crippen molar-refractivity contribution in [1.82, 2.24) is 9.38 Å². The molecule has 1 N–H and O–H groups in total. The van der Waals surface area contributed by atoms with Crippen LogP contribution in [0.4, 0.5) is 16.2 Å². The Balaban J connectivity index is 1.65. The summed E-state index contributed by atoms with van der Waals surface area (Å²) in [5.41, 5.74) is 3.99. The molecule has 162 valence electrons. The summed E-state index contributed by atoms with van der Waals surface area (Å²) in [6.07, 6.45) is 2.92. The van der Waals surface area contributed by atoms with Gasteiger partial charge < -0.3 is 9.64 Å². The second-order valence-electron chi connectivity index (χ2n) is 6.94. The fourth-order valence-electron chi connectivity index (χ4n) is 3.27. The van der Waals surface area contributed by atoms with Crippen molar-refractivity contribution in [3.63, 3.8) is 0 Å². The lowest BCUT2D eigenvalue weighted by atomic mass is 10.1. The number of anilines is 2. The zero-order chi connectivity index (χ0) is 22.8. The lowest BCUT2D eigenvalue weighted by Gasteiger charge is -2.19. The summed E-state index contributed by atoms with van der Waals surface area (Å²) < 4.78 is 6.44. The third kappa shape index (κ3) is 4.26. The second kappa shape index (κ2) is 8.90. The van der Waals surface area contributed by atoms with Gasteiger partial charge in [-0.2, -0.15) is 0 Å². The molecule has 2 aromatic carbocycles. The Morgan fingerprint density at radius 2 is 1.81 bits per heavy atom. The minimum atomic E-state index is -0.541. The molecule has 0 saturated carbocycles. The first-order valence-electron chi connectivity index (χ1n) is 9.53. The van der Waals surface area contributed by atoms with E-state index in [4.69, 9.17) is 23.2 Å². The molecule has 0 atom stereocenters. The fourth-order valence-corrected chi connectivity index (χ4v) is 3.81.